The van der Waals surface area contributed by atoms with E-state index in [0.717, 1.165) is 5.56 Å². The number of carboxylic acids is 1. The van der Waals surface area contributed by atoms with Gasteiger partial charge in [-0.2, -0.15) is 11.8 Å². The van der Waals surface area contributed by atoms with Crippen molar-refractivity contribution >= 4 is 23.6 Å². The van der Waals surface area contributed by atoms with Crippen molar-refractivity contribution in [1.82, 2.24) is 5.32 Å². The lowest BCUT2D eigenvalue weighted by molar-refractivity contribution is -0.139. The van der Waals surface area contributed by atoms with E-state index >= 15 is 0 Å². The van der Waals surface area contributed by atoms with Crippen molar-refractivity contribution in [1.29, 1.82) is 0 Å². The highest BCUT2D eigenvalue weighted by Crippen LogP contribution is 2.25. The fourth-order valence-corrected chi connectivity index (χ4v) is 2.54. The molecule has 5 heteroatoms. The van der Waals surface area contributed by atoms with Gasteiger partial charge in [-0.25, -0.2) is 4.79 Å². The molecule has 0 aliphatic carbocycles. The monoisotopic (exact) mass is 309 g/mol. The van der Waals surface area contributed by atoms with Gasteiger partial charge < -0.3 is 10.4 Å². The Balaban J connectivity index is 2.96. The molecule has 1 rings (SSSR count). The van der Waals surface area contributed by atoms with E-state index in [2.05, 4.69) is 5.32 Å². The minimum absolute atomic E-state index is 0.175. The Bertz CT molecular complexity index is 508. The molecule has 1 amide bonds. The van der Waals surface area contributed by atoms with Gasteiger partial charge in [0.2, 0.25) is 0 Å². The Labute approximate surface area is 130 Å². The zero-order valence-electron chi connectivity index (χ0n) is 13.0. The normalized spacial score (nSPS) is 12.8. The van der Waals surface area contributed by atoms with Crippen molar-refractivity contribution in [3.05, 3.63) is 35.4 Å². The molecule has 116 valence electrons. The average molecular weight is 309 g/mol. The van der Waals surface area contributed by atoms with Gasteiger partial charge in [0, 0.05) is 5.56 Å². The van der Waals surface area contributed by atoms with Gasteiger partial charge in [-0.05, 0) is 35.5 Å². The Hall–Kier alpha value is -1.49. The third-order valence-electron chi connectivity index (χ3n) is 3.19. The summed E-state index contributed by atoms with van der Waals surface area (Å²) in [6.45, 7) is 6.09. The van der Waals surface area contributed by atoms with Crippen molar-refractivity contribution < 1.29 is 14.7 Å². The van der Waals surface area contributed by atoms with E-state index in [4.69, 9.17) is 0 Å². The van der Waals surface area contributed by atoms with Gasteiger partial charge in [0.25, 0.3) is 5.91 Å². The average Bonchev–Trinajstić information content (AvgIpc) is 2.42. The van der Waals surface area contributed by atoms with Gasteiger partial charge in [-0.1, -0.05) is 39.0 Å². The molecule has 0 aliphatic rings. The first-order valence-corrected chi connectivity index (χ1v) is 8.29. The summed E-state index contributed by atoms with van der Waals surface area (Å²) in [6, 6.07) is 6.48. The van der Waals surface area contributed by atoms with Crippen molar-refractivity contribution in [2.75, 3.05) is 12.0 Å². The Morgan fingerprint density at radius 2 is 1.90 bits per heavy atom. The lowest BCUT2D eigenvalue weighted by atomic mass is 9.83. The lowest BCUT2D eigenvalue weighted by Crippen LogP contribution is -2.41. The quantitative estimate of drug-likeness (QED) is 0.848. The fourth-order valence-electron chi connectivity index (χ4n) is 2.06. The van der Waals surface area contributed by atoms with Crippen molar-refractivity contribution in [2.24, 2.45) is 0 Å². The summed E-state index contributed by atoms with van der Waals surface area (Å²) in [7, 11) is 0. The van der Waals surface area contributed by atoms with Gasteiger partial charge in [-0.3, -0.25) is 4.79 Å². The second-order valence-corrected chi connectivity index (χ2v) is 6.93. The smallest absolute Gasteiger partial charge is 0.326 e. The van der Waals surface area contributed by atoms with Crippen LogP contribution in [0.4, 0.5) is 0 Å². The third-order valence-corrected chi connectivity index (χ3v) is 3.84. The van der Waals surface area contributed by atoms with E-state index in [1.165, 1.54) is 0 Å². The predicted octanol–water partition coefficient (Wildman–Crippen LogP) is 2.92. The second-order valence-electron chi connectivity index (χ2n) is 5.94. The molecule has 2 N–H and O–H groups in total. The molecule has 0 aromatic heterocycles. The second kappa shape index (κ2) is 7.50. The van der Waals surface area contributed by atoms with Gasteiger partial charge >= 0.3 is 5.97 Å². The number of aliphatic carboxylic acids is 1. The third kappa shape index (κ3) is 5.08. The molecule has 0 radical (unpaired) electrons. The SMILES string of the molecule is CSCC[C@H](NC(=O)c1ccccc1C(C)(C)C)C(=O)O. The number of nitrogens with one attached hydrogen (secondary N) is 1. The number of thioether (sulfide) groups is 1. The number of hydrogen-bond donors (Lipinski definition) is 2. The molecule has 0 bridgehead atoms. The molecule has 0 spiro atoms. The first kappa shape index (κ1) is 17.6. The summed E-state index contributed by atoms with van der Waals surface area (Å²) in [5.74, 6) is -0.627. The molecule has 0 fully saturated rings. The maximum absolute atomic E-state index is 12.4. The number of carboxylic acid groups (broad SMARTS) is 1. The maximum Gasteiger partial charge on any atom is 0.326 e. The van der Waals surface area contributed by atoms with Crippen LogP contribution in [0, 0.1) is 0 Å². The topological polar surface area (TPSA) is 66.4 Å². The van der Waals surface area contributed by atoms with E-state index in [1.807, 2.05) is 39.2 Å². The summed E-state index contributed by atoms with van der Waals surface area (Å²) in [6.07, 6.45) is 2.33. The Morgan fingerprint density at radius 3 is 2.43 bits per heavy atom. The molecule has 1 aromatic carbocycles. The zero-order chi connectivity index (χ0) is 16.0. The zero-order valence-corrected chi connectivity index (χ0v) is 13.8. The number of carbonyl (C=O) groups excluding carboxylic acids is 1. The van der Waals surface area contributed by atoms with Crippen molar-refractivity contribution in [3.8, 4) is 0 Å². The summed E-state index contributed by atoms with van der Waals surface area (Å²) < 4.78 is 0. The minimum Gasteiger partial charge on any atom is -0.480 e. The summed E-state index contributed by atoms with van der Waals surface area (Å²) in [5, 5.41) is 11.8. The van der Waals surface area contributed by atoms with Crippen molar-refractivity contribution in [3.63, 3.8) is 0 Å². The first-order chi connectivity index (χ1) is 9.77. The van der Waals surface area contributed by atoms with Crippen LogP contribution >= 0.6 is 11.8 Å². The molecule has 0 saturated carbocycles. The van der Waals surface area contributed by atoms with Crippen molar-refractivity contribution in [2.45, 2.75) is 38.6 Å². The highest BCUT2D eigenvalue weighted by molar-refractivity contribution is 7.98. The van der Waals surface area contributed by atoms with Crippen LogP contribution in [0.5, 0.6) is 0 Å². The van der Waals surface area contributed by atoms with Crippen LogP contribution in [0.1, 0.15) is 43.1 Å². The van der Waals surface area contributed by atoms with E-state index in [-0.39, 0.29) is 11.3 Å². The molecule has 1 aromatic rings. The summed E-state index contributed by atoms with van der Waals surface area (Å²) >= 11 is 1.56. The molecule has 0 aliphatic heterocycles. The maximum atomic E-state index is 12.4. The van der Waals surface area contributed by atoms with Crippen LogP contribution in [-0.2, 0) is 10.2 Å². The molecule has 0 saturated heterocycles. The predicted molar refractivity (Wildman–Crippen MR) is 87.0 cm³/mol. The molecule has 0 unspecified atom stereocenters. The highest BCUT2D eigenvalue weighted by atomic mass is 32.2. The molecular formula is C16H23NO3S. The number of amides is 1. The van der Waals surface area contributed by atoms with E-state index < -0.39 is 12.0 Å². The van der Waals surface area contributed by atoms with Crippen LogP contribution in [0.25, 0.3) is 0 Å². The molecule has 0 heterocycles. The molecule has 21 heavy (non-hydrogen) atoms. The molecule has 1 atom stereocenters. The van der Waals surface area contributed by atoms with Crippen LogP contribution < -0.4 is 5.32 Å². The van der Waals surface area contributed by atoms with Crippen LogP contribution in [0.15, 0.2) is 24.3 Å². The first-order valence-electron chi connectivity index (χ1n) is 6.89. The fraction of sp³-hybridized carbons (Fsp3) is 0.500. The highest BCUT2D eigenvalue weighted by Gasteiger charge is 2.24. The minimum atomic E-state index is -0.995. The van der Waals surface area contributed by atoms with Gasteiger partial charge in [0.1, 0.15) is 6.04 Å². The Kier molecular flexibility index (Phi) is 6.27. The number of benzene rings is 1. The Morgan fingerprint density at radius 1 is 1.29 bits per heavy atom. The van der Waals surface area contributed by atoms with Crippen LogP contribution in [0.2, 0.25) is 0 Å². The van der Waals surface area contributed by atoms with E-state index in [1.54, 1.807) is 23.9 Å². The standard InChI is InChI=1S/C16H23NO3S/c1-16(2,3)12-8-6-5-7-11(12)14(18)17-13(15(19)20)9-10-21-4/h5-8,13H,9-10H2,1-4H3,(H,17,18)(H,19,20)/t13-/m0/s1. The van der Waals surface area contributed by atoms with E-state index in [0.29, 0.717) is 17.7 Å². The summed E-state index contributed by atoms with van der Waals surface area (Å²) in [4.78, 5) is 23.6. The molecule has 4 nitrogen and oxygen atoms in total. The van der Waals surface area contributed by atoms with Crippen LogP contribution in [0.3, 0.4) is 0 Å². The number of carbonyl (C=O) groups is 2. The largest absolute Gasteiger partial charge is 0.480 e. The number of rotatable bonds is 6. The lowest BCUT2D eigenvalue weighted by Gasteiger charge is -2.23. The van der Waals surface area contributed by atoms with Crippen LogP contribution in [-0.4, -0.2) is 35.0 Å². The van der Waals surface area contributed by atoms with E-state index in [9.17, 15) is 14.7 Å². The molecular weight excluding hydrogens is 286 g/mol. The van der Waals surface area contributed by atoms with Gasteiger partial charge in [-0.15, -0.1) is 0 Å². The number of hydrogen-bond acceptors (Lipinski definition) is 3. The van der Waals surface area contributed by atoms with Gasteiger partial charge in [0.15, 0.2) is 0 Å². The summed E-state index contributed by atoms with van der Waals surface area (Å²) in [5.41, 5.74) is 1.28. The van der Waals surface area contributed by atoms with Gasteiger partial charge in [0.05, 0.1) is 0 Å².